The van der Waals surface area contributed by atoms with Gasteiger partial charge in [-0.05, 0) is 24.3 Å². The van der Waals surface area contributed by atoms with Crippen LogP contribution in [0.2, 0.25) is 0 Å². The van der Waals surface area contributed by atoms with Crippen molar-refractivity contribution in [2.24, 2.45) is 0 Å². The fourth-order valence-corrected chi connectivity index (χ4v) is 3.49. The number of rotatable bonds is 3. The number of morpholine rings is 1. The molecule has 2 aromatic rings. The van der Waals surface area contributed by atoms with E-state index in [1.165, 1.54) is 5.69 Å². The Balaban J connectivity index is 1.36. The van der Waals surface area contributed by atoms with Crippen LogP contribution >= 0.6 is 0 Å². The van der Waals surface area contributed by atoms with Crippen LogP contribution in [-0.4, -0.2) is 68.3 Å². The summed E-state index contributed by atoms with van der Waals surface area (Å²) in [6, 6.07) is 14.2. The van der Waals surface area contributed by atoms with Crippen LogP contribution in [0, 0.1) is 0 Å². The predicted octanol–water partition coefficient (Wildman–Crippen LogP) is 1.88. The van der Waals surface area contributed by atoms with Crippen molar-refractivity contribution in [2.75, 3.05) is 62.3 Å². The number of ether oxygens (including phenoxy) is 1. The van der Waals surface area contributed by atoms with Crippen LogP contribution in [0.3, 0.4) is 0 Å². The van der Waals surface area contributed by atoms with Crippen molar-refractivity contribution in [3.63, 3.8) is 0 Å². The van der Waals surface area contributed by atoms with E-state index in [0.29, 0.717) is 5.69 Å². The number of carbonyl (C=O) groups is 1. The number of aromatic nitrogens is 1. The number of nitrogens with zero attached hydrogens (tertiary/aromatic N) is 4. The highest BCUT2D eigenvalue weighted by Crippen LogP contribution is 2.18. The molecule has 4 rings (SSSR count). The van der Waals surface area contributed by atoms with Crippen molar-refractivity contribution in [3.8, 4) is 0 Å². The monoisotopic (exact) mass is 352 g/mol. The molecule has 1 aromatic carbocycles. The molecule has 3 heterocycles. The second kappa shape index (κ2) is 7.74. The van der Waals surface area contributed by atoms with Crippen LogP contribution in [-0.2, 0) is 4.74 Å². The lowest BCUT2D eigenvalue weighted by molar-refractivity contribution is 0.0741. The zero-order chi connectivity index (χ0) is 17.8. The lowest BCUT2D eigenvalue weighted by Crippen LogP contribution is -2.49. The summed E-state index contributed by atoms with van der Waals surface area (Å²) in [5.41, 5.74) is 2.79. The third-order valence-electron chi connectivity index (χ3n) is 5.03. The third kappa shape index (κ3) is 3.65. The maximum absolute atomic E-state index is 12.7. The Kier molecular flexibility index (Phi) is 5.02. The summed E-state index contributed by atoms with van der Waals surface area (Å²) in [5, 5.41) is 0. The van der Waals surface area contributed by atoms with Crippen molar-refractivity contribution < 1.29 is 9.53 Å². The van der Waals surface area contributed by atoms with Gasteiger partial charge in [0.25, 0.3) is 5.91 Å². The lowest BCUT2D eigenvalue weighted by atomic mass is 10.2. The predicted molar refractivity (Wildman–Crippen MR) is 102 cm³/mol. The fraction of sp³-hybridized carbons (Fsp3) is 0.400. The molecule has 0 atom stereocenters. The van der Waals surface area contributed by atoms with Crippen molar-refractivity contribution >= 4 is 17.3 Å². The molecule has 2 aliphatic heterocycles. The first-order valence-corrected chi connectivity index (χ1v) is 9.19. The first-order valence-electron chi connectivity index (χ1n) is 9.19. The van der Waals surface area contributed by atoms with E-state index in [-0.39, 0.29) is 5.91 Å². The SMILES string of the molecule is O=C(c1ccc(N2CCOCC2)cn1)N1CCN(c2ccccc2)CC1. The molecule has 0 spiro atoms. The van der Waals surface area contributed by atoms with E-state index < -0.39 is 0 Å². The molecule has 0 aliphatic carbocycles. The maximum Gasteiger partial charge on any atom is 0.272 e. The number of hydrogen-bond acceptors (Lipinski definition) is 5. The highest BCUT2D eigenvalue weighted by molar-refractivity contribution is 5.92. The summed E-state index contributed by atoms with van der Waals surface area (Å²) in [7, 11) is 0. The van der Waals surface area contributed by atoms with Gasteiger partial charge in [-0.3, -0.25) is 4.79 Å². The largest absolute Gasteiger partial charge is 0.378 e. The zero-order valence-corrected chi connectivity index (χ0v) is 14.9. The van der Waals surface area contributed by atoms with Gasteiger partial charge in [0, 0.05) is 45.0 Å². The molecule has 136 valence electrons. The van der Waals surface area contributed by atoms with E-state index in [0.717, 1.165) is 58.2 Å². The molecule has 2 fully saturated rings. The van der Waals surface area contributed by atoms with Gasteiger partial charge in [0.05, 0.1) is 25.1 Å². The molecule has 0 bridgehead atoms. The number of hydrogen-bond donors (Lipinski definition) is 0. The van der Waals surface area contributed by atoms with Gasteiger partial charge >= 0.3 is 0 Å². The topological polar surface area (TPSA) is 48.9 Å². The molecule has 1 amide bonds. The Hall–Kier alpha value is -2.60. The third-order valence-corrected chi connectivity index (χ3v) is 5.03. The molecule has 26 heavy (non-hydrogen) atoms. The van der Waals surface area contributed by atoms with Crippen LogP contribution < -0.4 is 9.80 Å². The van der Waals surface area contributed by atoms with E-state index in [2.05, 4.69) is 26.9 Å². The summed E-state index contributed by atoms with van der Waals surface area (Å²) in [4.78, 5) is 23.6. The van der Waals surface area contributed by atoms with E-state index in [1.54, 1.807) is 6.20 Å². The Morgan fingerprint density at radius 2 is 1.50 bits per heavy atom. The molecule has 0 N–H and O–H groups in total. The van der Waals surface area contributed by atoms with Gasteiger partial charge in [0.15, 0.2) is 0 Å². The Morgan fingerprint density at radius 1 is 0.808 bits per heavy atom. The molecule has 0 radical (unpaired) electrons. The minimum absolute atomic E-state index is 0.0197. The van der Waals surface area contributed by atoms with Crippen molar-refractivity contribution in [1.82, 2.24) is 9.88 Å². The van der Waals surface area contributed by atoms with Gasteiger partial charge in [0.1, 0.15) is 5.69 Å². The van der Waals surface area contributed by atoms with Crippen LogP contribution in [0.4, 0.5) is 11.4 Å². The standard InChI is InChI=1S/C20H24N4O2/c25-20(19-7-6-18(16-21-19)23-12-14-26-15-13-23)24-10-8-22(9-11-24)17-4-2-1-3-5-17/h1-7,16H,8-15H2. The van der Waals surface area contributed by atoms with E-state index in [9.17, 15) is 4.79 Å². The molecule has 6 heteroatoms. The van der Waals surface area contributed by atoms with Crippen LogP contribution in [0.5, 0.6) is 0 Å². The fourth-order valence-electron chi connectivity index (χ4n) is 3.49. The Labute approximate surface area is 154 Å². The second-order valence-electron chi connectivity index (χ2n) is 6.62. The molecule has 2 saturated heterocycles. The molecule has 0 saturated carbocycles. The normalized spacial score (nSPS) is 18.1. The summed E-state index contributed by atoms with van der Waals surface area (Å²) < 4.78 is 5.38. The highest BCUT2D eigenvalue weighted by atomic mass is 16.5. The van der Waals surface area contributed by atoms with Gasteiger partial charge < -0.3 is 19.4 Å². The number of carbonyl (C=O) groups excluding carboxylic acids is 1. The van der Waals surface area contributed by atoms with E-state index in [4.69, 9.17) is 4.74 Å². The number of benzene rings is 1. The molecular weight excluding hydrogens is 328 g/mol. The molecular formula is C20H24N4O2. The first-order chi connectivity index (χ1) is 12.8. The van der Waals surface area contributed by atoms with Crippen molar-refractivity contribution in [2.45, 2.75) is 0 Å². The van der Waals surface area contributed by atoms with Crippen LogP contribution in [0.1, 0.15) is 10.5 Å². The minimum atomic E-state index is 0.0197. The number of pyridine rings is 1. The maximum atomic E-state index is 12.7. The Morgan fingerprint density at radius 3 is 2.15 bits per heavy atom. The zero-order valence-electron chi connectivity index (χ0n) is 14.9. The smallest absolute Gasteiger partial charge is 0.272 e. The van der Waals surface area contributed by atoms with E-state index in [1.807, 2.05) is 35.2 Å². The summed E-state index contributed by atoms with van der Waals surface area (Å²) in [5.74, 6) is 0.0197. The number of anilines is 2. The quantitative estimate of drug-likeness (QED) is 0.844. The molecule has 6 nitrogen and oxygen atoms in total. The van der Waals surface area contributed by atoms with Gasteiger partial charge in [-0.25, -0.2) is 4.98 Å². The minimum Gasteiger partial charge on any atom is -0.378 e. The average Bonchev–Trinajstić information content (AvgIpc) is 2.75. The number of piperazine rings is 1. The van der Waals surface area contributed by atoms with Crippen LogP contribution in [0.25, 0.3) is 0 Å². The Bertz CT molecular complexity index is 721. The second-order valence-corrected chi connectivity index (χ2v) is 6.62. The number of para-hydroxylation sites is 1. The summed E-state index contributed by atoms with van der Waals surface area (Å²) in [6.45, 7) is 6.37. The van der Waals surface area contributed by atoms with Crippen LogP contribution in [0.15, 0.2) is 48.7 Å². The lowest BCUT2D eigenvalue weighted by Gasteiger charge is -2.36. The van der Waals surface area contributed by atoms with E-state index >= 15 is 0 Å². The van der Waals surface area contributed by atoms with Gasteiger partial charge in [-0.1, -0.05) is 18.2 Å². The highest BCUT2D eigenvalue weighted by Gasteiger charge is 2.23. The molecule has 2 aliphatic rings. The summed E-state index contributed by atoms with van der Waals surface area (Å²) >= 11 is 0. The molecule has 1 aromatic heterocycles. The average molecular weight is 352 g/mol. The number of amides is 1. The van der Waals surface area contributed by atoms with Gasteiger partial charge in [0.2, 0.25) is 0 Å². The van der Waals surface area contributed by atoms with Crippen molar-refractivity contribution in [3.05, 3.63) is 54.4 Å². The van der Waals surface area contributed by atoms with Gasteiger partial charge in [-0.2, -0.15) is 0 Å². The molecule has 0 unspecified atom stereocenters. The first kappa shape index (κ1) is 16.8. The van der Waals surface area contributed by atoms with Crippen molar-refractivity contribution in [1.29, 1.82) is 0 Å². The van der Waals surface area contributed by atoms with Gasteiger partial charge in [-0.15, -0.1) is 0 Å². The summed E-state index contributed by atoms with van der Waals surface area (Å²) in [6.07, 6.45) is 1.80.